The number of sulfonamides is 1. The monoisotopic (exact) mass is 406 g/mol. The maximum Gasteiger partial charge on any atom is 0.213 e. The van der Waals surface area contributed by atoms with Crippen molar-refractivity contribution in [2.45, 2.75) is 27.2 Å². The predicted octanol–water partition coefficient (Wildman–Crippen LogP) is 0.932. The molecule has 19 heavy (non-hydrogen) atoms. The van der Waals surface area contributed by atoms with Gasteiger partial charge in [0.25, 0.3) is 0 Å². The lowest BCUT2D eigenvalue weighted by Gasteiger charge is -2.19. The zero-order chi connectivity index (χ0) is 14.2. The molecule has 0 atom stereocenters. The van der Waals surface area contributed by atoms with Crippen LogP contribution in [0.4, 0.5) is 0 Å². The first-order valence-corrected chi connectivity index (χ1v) is 7.98. The number of hydrogen-bond donors (Lipinski definition) is 1. The molecule has 8 heteroatoms. The van der Waals surface area contributed by atoms with Crippen LogP contribution in [0.1, 0.15) is 27.2 Å². The van der Waals surface area contributed by atoms with E-state index in [1.165, 1.54) is 4.31 Å². The molecular formula is C11H27IN4O2S. The van der Waals surface area contributed by atoms with E-state index in [9.17, 15) is 8.42 Å². The molecule has 0 bridgehead atoms. The molecule has 0 amide bonds. The highest BCUT2D eigenvalue weighted by Crippen LogP contribution is 1.99. The van der Waals surface area contributed by atoms with Crippen LogP contribution in [0.2, 0.25) is 0 Å². The average molecular weight is 406 g/mol. The first-order chi connectivity index (χ1) is 8.38. The summed E-state index contributed by atoms with van der Waals surface area (Å²) in [6.07, 6.45) is 0.678. The van der Waals surface area contributed by atoms with Crippen molar-refractivity contribution in [1.29, 1.82) is 0 Å². The van der Waals surface area contributed by atoms with Crippen molar-refractivity contribution in [2.75, 3.05) is 39.0 Å². The maximum atomic E-state index is 11.5. The first kappa shape index (κ1) is 21.2. The molecule has 6 nitrogen and oxygen atoms in total. The molecule has 0 saturated heterocycles. The third-order valence-corrected chi connectivity index (χ3v) is 4.69. The summed E-state index contributed by atoms with van der Waals surface area (Å²) in [5.41, 5.74) is 5.81. The zero-order valence-electron chi connectivity index (χ0n) is 12.3. The highest BCUT2D eigenvalue weighted by Gasteiger charge is 2.13. The van der Waals surface area contributed by atoms with Crippen LogP contribution in [0.3, 0.4) is 0 Å². The number of aliphatic imine (C=N–C) groups is 1. The largest absolute Gasteiger partial charge is 0.370 e. The Labute approximate surface area is 134 Å². The number of hydrogen-bond acceptors (Lipinski definition) is 3. The Bertz CT molecular complexity index is 356. The molecule has 0 aromatic carbocycles. The molecule has 0 aromatic heterocycles. The molecule has 0 aliphatic carbocycles. The van der Waals surface area contributed by atoms with Gasteiger partial charge >= 0.3 is 0 Å². The van der Waals surface area contributed by atoms with Crippen LogP contribution >= 0.6 is 24.0 Å². The lowest BCUT2D eigenvalue weighted by molar-refractivity contribution is 0.451. The van der Waals surface area contributed by atoms with Gasteiger partial charge in [-0.15, -0.1) is 24.0 Å². The molecule has 0 aromatic rings. The molecule has 0 aliphatic heterocycles. The molecule has 2 N–H and O–H groups in total. The third kappa shape index (κ3) is 7.93. The van der Waals surface area contributed by atoms with Crippen LogP contribution in [0.5, 0.6) is 0 Å². The lowest BCUT2D eigenvalue weighted by atomic mass is 10.4. The summed E-state index contributed by atoms with van der Waals surface area (Å²) in [6.45, 7) is 8.37. The minimum absolute atomic E-state index is 0. The highest BCUT2D eigenvalue weighted by atomic mass is 127. The number of halogens is 1. The molecule has 0 aliphatic rings. The molecule has 0 radical (unpaired) electrons. The Kier molecular flexibility index (Phi) is 11.9. The van der Waals surface area contributed by atoms with Gasteiger partial charge in [0.2, 0.25) is 10.0 Å². The lowest BCUT2D eigenvalue weighted by Crippen LogP contribution is -2.37. The fourth-order valence-corrected chi connectivity index (χ4v) is 2.34. The molecule has 0 heterocycles. The van der Waals surface area contributed by atoms with Crippen molar-refractivity contribution < 1.29 is 8.42 Å². The number of nitrogens with two attached hydrogens (primary N) is 1. The second kappa shape index (κ2) is 10.7. The van der Waals surface area contributed by atoms with Gasteiger partial charge in [0.15, 0.2) is 5.96 Å². The van der Waals surface area contributed by atoms with E-state index in [2.05, 4.69) is 4.99 Å². The van der Waals surface area contributed by atoms with Crippen LogP contribution in [-0.2, 0) is 10.0 Å². The fraction of sp³-hybridized carbons (Fsp3) is 0.909. The SMILES string of the molecule is CCN(CC)C(N)=NCCCN(C)S(=O)(=O)CC.I. The van der Waals surface area contributed by atoms with Crippen molar-refractivity contribution in [1.82, 2.24) is 9.21 Å². The standard InChI is InChI=1S/C11H26N4O2S.HI/c1-5-15(6-2)11(12)13-9-8-10-14(4)18(16,17)7-3;/h5-10H2,1-4H3,(H2,12,13);1H. The summed E-state index contributed by atoms with van der Waals surface area (Å²) in [5, 5.41) is 0. The number of nitrogens with zero attached hydrogens (tertiary/aromatic N) is 3. The molecular weight excluding hydrogens is 379 g/mol. The average Bonchev–Trinajstić information content (AvgIpc) is 2.35. The molecule has 0 rings (SSSR count). The third-order valence-electron chi connectivity index (χ3n) is 2.83. The van der Waals surface area contributed by atoms with Gasteiger partial charge in [-0.25, -0.2) is 12.7 Å². The number of guanidine groups is 1. The van der Waals surface area contributed by atoms with E-state index in [-0.39, 0.29) is 29.7 Å². The van der Waals surface area contributed by atoms with Crippen molar-refractivity contribution >= 4 is 40.0 Å². The number of rotatable bonds is 8. The summed E-state index contributed by atoms with van der Waals surface area (Å²) in [6, 6.07) is 0. The van der Waals surface area contributed by atoms with E-state index in [0.717, 1.165) is 13.1 Å². The van der Waals surface area contributed by atoms with E-state index < -0.39 is 10.0 Å². The Hall–Kier alpha value is -0.0900. The molecule has 0 saturated carbocycles. The van der Waals surface area contributed by atoms with Crippen molar-refractivity contribution in [3.05, 3.63) is 0 Å². The summed E-state index contributed by atoms with van der Waals surface area (Å²) >= 11 is 0. The topological polar surface area (TPSA) is 79.0 Å². The van der Waals surface area contributed by atoms with Crippen molar-refractivity contribution in [2.24, 2.45) is 10.7 Å². The molecule has 0 unspecified atom stereocenters. The molecule has 116 valence electrons. The van der Waals surface area contributed by atoms with Crippen LogP contribution in [0.15, 0.2) is 4.99 Å². The van der Waals surface area contributed by atoms with Gasteiger partial charge in [0.05, 0.1) is 5.75 Å². The van der Waals surface area contributed by atoms with Gasteiger partial charge in [-0.3, -0.25) is 4.99 Å². The Morgan fingerprint density at radius 3 is 2.16 bits per heavy atom. The highest BCUT2D eigenvalue weighted by molar-refractivity contribution is 14.0. The molecule has 0 fully saturated rings. The van der Waals surface area contributed by atoms with Gasteiger partial charge in [-0.05, 0) is 27.2 Å². The van der Waals surface area contributed by atoms with Gasteiger partial charge in [-0.1, -0.05) is 0 Å². The summed E-state index contributed by atoms with van der Waals surface area (Å²) in [4.78, 5) is 6.21. The van der Waals surface area contributed by atoms with Gasteiger partial charge in [0.1, 0.15) is 0 Å². The van der Waals surface area contributed by atoms with Gasteiger partial charge in [0, 0.05) is 33.2 Å². The second-order valence-electron chi connectivity index (χ2n) is 3.99. The van der Waals surface area contributed by atoms with Crippen LogP contribution in [0.25, 0.3) is 0 Å². The first-order valence-electron chi connectivity index (χ1n) is 6.37. The van der Waals surface area contributed by atoms with Gasteiger partial charge < -0.3 is 10.6 Å². The zero-order valence-corrected chi connectivity index (χ0v) is 15.4. The van der Waals surface area contributed by atoms with E-state index in [0.29, 0.717) is 25.5 Å². The Morgan fingerprint density at radius 1 is 1.21 bits per heavy atom. The van der Waals surface area contributed by atoms with Crippen molar-refractivity contribution in [3.8, 4) is 0 Å². The minimum Gasteiger partial charge on any atom is -0.370 e. The summed E-state index contributed by atoms with van der Waals surface area (Å²) in [7, 11) is -1.49. The predicted molar refractivity (Wildman–Crippen MR) is 91.5 cm³/mol. The smallest absolute Gasteiger partial charge is 0.213 e. The van der Waals surface area contributed by atoms with Gasteiger partial charge in [-0.2, -0.15) is 0 Å². The Morgan fingerprint density at radius 2 is 1.74 bits per heavy atom. The Balaban J connectivity index is 0. The summed E-state index contributed by atoms with van der Waals surface area (Å²) in [5.74, 6) is 0.662. The van der Waals surface area contributed by atoms with Crippen molar-refractivity contribution in [3.63, 3.8) is 0 Å². The normalized spacial score (nSPS) is 12.4. The maximum absolute atomic E-state index is 11.5. The van der Waals surface area contributed by atoms with E-state index in [1.807, 2.05) is 18.7 Å². The van der Waals surface area contributed by atoms with Crippen LogP contribution < -0.4 is 5.73 Å². The quantitative estimate of drug-likeness (QED) is 0.282. The summed E-state index contributed by atoms with van der Waals surface area (Å²) < 4.78 is 24.3. The fourth-order valence-electron chi connectivity index (χ4n) is 1.49. The minimum atomic E-state index is -3.08. The van der Waals surface area contributed by atoms with Crippen LogP contribution in [0, 0.1) is 0 Å². The molecule has 0 spiro atoms. The van der Waals surface area contributed by atoms with Crippen LogP contribution in [-0.4, -0.2) is 62.6 Å². The van der Waals surface area contributed by atoms with E-state index >= 15 is 0 Å². The second-order valence-corrected chi connectivity index (χ2v) is 6.35. The van der Waals surface area contributed by atoms with E-state index in [1.54, 1.807) is 14.0 Å². The van der Waals surface area contributed by atoms with E-state index in [4.69, 9.17) is 5.73 Å².